The molecule has 9 heteroatoms. The molecule has 150 valence electrons. The molecule has 3 aromatic rings. The Kier molecular flexibility index (Phi) is 5.55. The highest BCUT2D eigenvalue weighted by Crippen LogP contribution is 2.25. The number of aryl methyl sites for hydroxylation is 1. The molecule has 1 aliphatic rings. The van der Waals surface area contributed by atoms with Gasteiger partial charge in [-0.2, -0.15) is 4.98 Å². The van der Waals surface area contributed by atoms with Crippen LogP contribution in [0.2, 0.25) is 5.02 Å². The van der Waals surface area contributed by atoms with Crippen LogP contribution < -0.4 is 10.2 Å². The molecule has 1 N–H and O–H groups in total. The summed E-state index contributed by atoms with van der Waals surface area (Å²) in [5.41, 5.74) is 2.42. The third-order valence-corrected chi connectivity index (χ3v) is 5.87. The summed E-state index contributed by atoms with van der Waals surface area (Å²) in [6.07, 6.45) is 1.28. The van der Waals surface area contributed by atoms with E-state index in [9.17, 15) is 9.59 Å². The van der Waals surface area contributed by atoms with Crippen molar-refractivity contribution in [2.45, 2.75) is 6.92 Å². The quantitative estimate of drug-likeness (QED) is 0.678. The maximum atomic E-state index is 12.7. The van der Waals surface area contributed by atoms with Gasteiger partial charge in [0.05, 0.1) is 4.88 Å². The highest BCUT2D eigenvalue weighted by Gasteiger charge is 2.25. The first kappa shape index (κ1) is 19.5. The van der Waals surface area contributed by atoms with Gasteiger partial charge in [-0.05, 0) is 36.1 Å². The van der Waals surface area contributed by atoms with E-state index in [-0.39, 0.29) is 23.5 Å². The molecule has 1 aromatic carbocycles. The van der Waals surface area contributed by atoms with Crippen molar-refractivity contribution in [1.82, 2.24) is 9.88 Å². The SMILES string of the molecule is Cc1ccc(Cl)cc1N1CCN(C(=O)c2coc(NC(=O)c3cccs3)n2)CC1. The van der Waals surface area contributed by atoms with E-state index in [1.807, 2.05) is 30.5 Å². The van der Waals surface area contributed by atoms with Gasteiger partial charge in [-0.25, -0.2) is 0 Å². The lowest BCUT2D eigenvalue weighted by Crippen LogP contribution is -2.49. The minimum atomic E-state index is -0.314. The number of carbonyl (C=O) groups excluding carboxylic acids is 2. The number of carbonyl (C=O) groups is 2. The van der Waals surface area contributed by atoms with E-state index in [1.54, 1.807) is 17.0 Å². The smallest absolute Gasteiger partial charge is 0.302 e. The van der Waals surface area contributed by atoms with E-state index in [1.165, 1.54) is 17.6 Å². The number of nitrogens with one attached hydrogen (secondary N) is 1. The Hall–Kier alpha value is -2.84. The van der Waals surface area contributed by atoms with Crippen LogP contribution in [0.1, 0.15) is 25.7 Å². The first-order valence-electron chi connectivity index (χ1n) is 9.12. The number of anilines is 2. The molecule has 2 amide bonds. The number of amides is 2. The fourth-order valence-electron chi connectivity index (χ4n) is 3.23. The predicted octanol–water partition coefficient (Wildman–Crippen LogP) is 3.91. The minimum Gasteiger partial charge on any atom is -0.431 e. The Morgan fingerprint density at radius 2 is 2.00 bits per heavy atom. The monoisotopic (exact) mass is 430 g/mol. The van der Waals surface area contributed by atoms with Gasteiger partial charge in [-0.15, -0.1) is 11.3 Å². The normalized spacial score (nSPS) is 14.1. The number of hydrogen-bond acceptors (Lipinski definition) is 6. The highest BCUT2D eigenvalue weighted by atomic mass is 35.5. The summed E-state index contributed by atoms with van der Waals surface area (Å²) in [6.45, 7) is 4.58. The third-order valence-electron chi connectivity index (χ3n) is 4.77. The molecule has 0 unspecified atom stereocenters. The first-order valence-corrected chi connectivity index (χ1v) is 10.4. The van der Waals surface area contributed by atoms with Crippen LogP contribution in [0.25, 0.3) is 0 Å². The summed E-state index contributed by atoms with van der Waals surface area (Å²) in [5, 5.41) is 5.07. The highest BCUT2D eigenvalue weighted by molar-refractivity contribution is 7.12. The molecule has 4 rings (SSSR count). The van der Waals surface area contributed by atoms with Gasteiger partial charge in [0, 0.05) is 36.9 Å². The van der Waals surface area contributed by atoms with Gasteiger partial charge < -0.3 is 14.2 Å². The molecule has 2 aromatic heterocycles. The zero-order valence-electron chi connectivity index (χ0n) is 15.7. The minimum absolute atomic E-state index is 0.0138. The molecule has 0 atom stereocenters. The number of halogens is 1. The summed E-state index contributed by atoms with van der Waals surface area (Å²) in [6, 6.07) is 9.33. The molecule has 0 radical (unpaired) electrons. The molecule has 0 spiro atoms. The third kappa shape index (κ3) is 4.28. The average molecular weight is 431 g/mol. The molecule has 29 heavy (non-hydrogen) atoms. The first-order chi connectivity index (χ1) is 14.0. The Morgan fingerprint density at radius 3 is 2.72 bits per heavy atom. The molecule has 0 bridgehead atoms. The van der Waals surface area contributed by atoms with Crippen LogP contribution in [0.3, 0.4) is 0 Å². The Labute approximate surface area is 176 Å². The van der Waals surface area contributed by atoms with E-state index in [0.717, 1.165) is 11.3 Å². The van der Waals surface area contributed by atoms with Crippen LogP contribution in [0.5, 0.6) is 0 Å². The lowest BCUT2D eigenvalue weighted by atomic mass is 10.1. The fourth-order valence-corrected chi connectivity index (χ4v) is 4.02. The summed E-state index contributed by atoms with van der Waals surface area (Å²) in [7, 11) is 0. The summed E-state index contributed by atoms with van der Waals surface area (Å²) >= 11 is 7.44. The molecular weight excluding hydrogens is 412 g/mol. The van der Waals surface area contributed by atoms with E-state index in [0.29, 0.717) is 36.1 Å². The van der Waals surface area contributed by atoms with Gasteiger partial charge in [0.2, 0.25) is 0 Å². The van der Waals surface area contributed by atoms with Crippen LogP contribution in [0.15, 0.2) is 46.4 Å². The zero-order chi connectivity index (χ0) is 20.4. The molecule has 1 fully saturated rings. The number of oxazole rings is 1. The van der Waals surface area contributed by atoms with Crippen LogP contribution in [0.4, 0.5) is 11.7 Å². The maximum absolute atomic E-state index is 12.7. The van der Waals surface area contributed by atoms with Crippen molar-refractivity contribution < 1.29 is 14.0 Å². The van der Waals surface area contributed by atoms with Crippen molar-refractivity contribution in [1.29, 1.82) is 0 Å². The lowest BCUT2D eigenvalue weighted by Gasteiger charge is -2.36. The summed E-state index contributed by atoms with van der Waals surface area (Å²) in [4.78, 5) is 33.4. The van der Waals surface area contributed by atoms with Gasteiger partial charge in [-0.1, -0.05) is 23.7 Å². The number of hydrogen-bond donors (Lipinski definition) is 1. The number of thiophene rings is 1. The Morgan fingerprint density at radius 1 is 1.21 bits per heavy atom. The van der Waals surface area contributed by atoms with Crippen LogP contribution in [-0.2, 0) is 0 Å². The van der Waals surface area contributed by atoms with Crippen molar-refractivity contribution in [3.8, 4) is 0 Å². The van der Waals surface area contributed by atoms with E-state index >= 15 is 0 Å². The average Bonchev–Trinajstić information content (AvgIpc) is 3.42. The van der Waals surface area contributed by atoms with Gasteiger partial charge in [0.15, 0.2) is 5.69 Å². The van der Waals surface area contributed by atoms with Crippen molar-refractivity contribution in [3.05, 3.63) is 63.1 Å². The standard InChI is InChI=1S/C20H19ClN4O3S/c1-13-4-5-14(21)11-16(13)24-6-8-25(9-7-24)19(27)15-12-28-20(22-15)23-18(26)17-3-2-10-29-17/h2-5,10-12H,6-9H2,1H3,(H,22,23,26). The van der Waals surface area contributed by atoms with Crippen LogP contribution in [0, 0.1) is 6.92 Å². The van der Waals surface area contributed by atoms with E-state index < -0.39 is 0 Å². The number of aromatic nitrogens is 1. The molecule has 0 aliphatic carbocycles. The van der Waals surface area contributed by atoms with Crippen molar-refractivity contribution in [2.75, 3.05) is 36.4 Å². The summed E-state index contributed by atoms with van der Waals surface area (Å²) < 4.78 is 5.25. The second-order valence-electron chi connectivity index (χ2n) is 6.68. The second kappa shape index (κ2) is 8.26. The Bertz CT molecular complexity index is 1030. The van der Waals surface area contributed by atoms with Crippen molar-refractivity contribution in [3.63, 3.8) is 0 Å². The van der Waals surface area contributed by atoms with E-state index in [4.69, 9.17) is 16.0 Å². The molecule has 1 aliphatic heterocycles. The van der Waals surface area contributed by atoms with Crippen molar-refractivity contribution >= 4 is 46.5 Å². The second-order valence-corrected chi connectivity index (χ2v) is 8.06. The van der Waals surface area contributed by atoms with Crippen LogP contribution in [-0.4, -0.2) is 47.9 Å². The predicted molar refractivity (Wildman–Crippen MR) is 113 cm³/mol. The molecule has 0 saturated carbocycles. The number of rotatable bonds is 4. The van der Waals surface area contributed by atoms with E-state index in [2.05, 4.69) is 15.2 Å². The molecule has 7 nitrogen and oxygen atoms in total. The Balaban J connectivity index is 1.37. The largest absolute Gasteiger partial charge is 0.431 e. The fraction of sp³-hybridized carbons (Fsp3) is 0.250. The zero-order valence-corrected chi connectivity index (χ0v) is 17.3. The molecule has 1 saturated heterocycles. The lowest BCUT2D eigenvalue weighted by molar-refractivity contribution is 0.0740. The van der Waals surface area contributed by atoms with Gasteiger partial charge >= 0.3 is 6.01 Å². The number of benzene rings is 1. The maximum Gasteiger partial charge on any atom is 0.302 e. The molecular formula is C20H19ClN4O3S. The number of nitrogens with zero attached hydrogens (tertiary/aromatic N) is 3. The van der Waals surface area contributed by atoms with Crippen molar-refractivity contribution in [2.24, 2.45) is 0 Å². The summed E-state index contributed by atoms with van der Waals surface area (Å²) in [5.74, 6) is -0.529. The van der Waals surface area contributed by atoms with Gasteiger partial charge in [0.25, 0.3) is 11.8 Å². The number of piperazine rings is 1. The topological polar surface area (TPSA) is 78.7 Å². The van der Waals surface area contributed by atoms with Crippen LogP contribution >= 0.6 is 22.9 Å². The molecule has 3 heterocycles. The van der Waals surface area contributed by atoms with Gasteiger partial charge in [0.1, 0.15) is 6.26 Å². The van der Waals surface area contributed by atoms with Gasteiger partial charge in [-0.3, -0.25) is 14.9 Å².